The minimum Gasteiger partial charge on any atom is -0.462 e. The highest BCUT2D eigenvalue weighted by atomic mass is 16.7. The number of hydrogen-bond donors (Lipinski definition) is 0. The second-order valence-electron chi connectivity index (χ2n) is 10.1. The van der Waals surface area contributed by atoms with Crippen LogP contribution in [0.15, 0.2) is 41.9 Å². The lowest BCUT2D eigenvalue weighted by Crippen LogP contribution is -2.41. The highest BCUT2D eigenvalue weighted by molar-refractivity contribution is 6.51. The standard InChI is InChI=1S/C25H37BO6/c1-9-20(22(28)30-23(2,3)4)19(17-26-31-24(5,6)25(7,8)32-26)15-16-29-21(27)18-13-11-10-12-14-18/h10-14,17,20H,9,15-16H2,1-8H3/b19-17+/t20-/m0/s1. The normalized spacial score (nSPS) is 18.9. The topological polar surface area (TPSA) is 71.1 Å². The average molecular weight is 444 g/mol. The molecule has 1 aromatic carbocycles. The summed E-state index contributed by atoms with van der Waals surface area (Å²) in [5.41, 5.74) is -0.316. The van der Waals surface area contributed by atoms with Crippen LogP contribution in [0.1, 0.15) is 78.6 Å². The first-order valence-corrected chi connectivity index (χ1v) is 11.3. The average Bonchev–Trinajstić information content (AvgIpc) is 2.87. The van der Waals surface area contributed by atoms with Crippen LogP contribution in [0.3, 0.4) is 0 Å². The molecule has 1 saturated heterocycles. The molecule has 7 heteroatoms. The summed E-state index contributed by atoms with van der Waals surface area (Å²) in [5, 5.41) is 0. The van der Waals surface area contributed by atoms with E-state index in [1.54, 1.807) is 24.3 Å². The molecule has 0 unspecified atom stereocenters. The molecule has 0 bridgehead atoms. The van der Waals surface area contributed by atoms with Crippen molar-refractivity contribution in [2.24, 2.45) is 5.92 Å². The molecule has 0 N–H and O–H groups in total. The van der Waals surface area contributed by atoms with Crippen molar-refractivity contribution in [3.05, 3.63) is 47.4 Å². The molecule has 0 radical (unpaired) electrons. The zero-order valence-corrected chi connectivity index (χ0v) is 20.7. The molecule has 0 aliphatic carbocycles. The van der Waals surface area contributed by atoms with Gasteiger partial charge in [-0.25, -0.2) is 4.79 Å². The summed E-state index contributed by atoms with van der Waals surface area (Å²) in [7, 11) is -0.601. The van der Waals surface area contributed by atoms with Gasteiger partial charge in [-0.05, 0) is 67.0 Å². The SMILES string of the molecule is CC[C@H](C(=O)OC(C)(C)C)/C(=C/B1OC(C)(C)C(C)(C)O1)CCOC(=O)c1ccccc1. The van der Waals surface area contributed by atoms with Gasteiger partial charge in [-0.15, -0.1) is 0 Å². The first-order chi connectivity index (χ1) is 14.8. The van der Waals surface area contributed by atoms with Gasteiger partial charge >= 0.3 is 19.1 Å². The Morgan fingerprint density at radius 2 is 1.62 bits per heavy atom. The second-order valence-corrected chi connectivity index (χ2v) is 10.1. The van der Waals surface area contributed by atoms with Gasteiger partial charge in [0.25, 0.3) is 0 Å². The van der Waals surface area contributed by atoms with Gasteiger partial charge in [0, 0.05) is 6.42 Å². The van der Waals surface area contributed by atoms with Crippen LogP contribution in [0.4, 0.5) is 0 Å². The number of benzene rings is 1. The van der Waals surface area contributed by atoms with Gasteiger partial charge in [0.2, 0.25) is 0 Å². The third kappa shape index (κ3) is 6.94. The molecule has 1 fully saturated rings. The van der Waals surface area contributed by atoms with Crippen LogP contribution < -0.4 is 0 Å². The zero-order valence-electron chi connectivity index (χ0n) is 20.7. The van der Waals surface area contributed by atoms with Crippen LogP contribution in [0.2, 0.25) is 0 Å². The predicted molar refractivity (Wildman–Crippen MR) is 125 cm³/mol. The summed E-state index contributed by atoms with van der Waals surface area (Å²) in [6.07, 6.45) is 0.924. The lowest BCUT2D eigenvalue weighted by Gasteiger charge is -2.32. The van der Waals surface area contributed by atoms with Crippen molar-refractivity contribution in [1.29, 1.82) is 0 Å². The molecule has 1 aromatic rings. The quantitative estimate of drug-likeness (QED) is 0.408. The Morgan fingerprint density at radius 3 is 2.12 bits per heavy atom. The van der Waals surface area contributed by atoms with Gasteiger partial charge in [-0.1, -0.05) is 36.7 Å². The Balaban J connectivity index is 2.20. The number of carbonyl (C=O) groups excluding carboxylic acids is 2. The summed E-state index contributed by atoms with van der Waals surface area (Å²) < 4.78 is 23.3. The maximum atomic E-state index is 12.9. The second kappa shape index (κ2) is 10.2. The first kappa shape index (κ1) is 26.1. The molecule has 0 amide bonds. The minimum absolute atomic E-state index is 0.137. The fourth-order valence-corrected chi connectivity index (χ4v) is 3.38. The Labute approximate surface area is 192 Å². The summed E-state index contributed by atoms with van der Waals surface area (Å²) in [5.74, 6) is 0.650. The van der Waals surface area contributed by atoms with Crippen molar-refractivity contribution in [1.82, 2.24) is 0 Å². The van der Waals surface area contributed by atoms with Gasteiger partial charge in [-0.3, -0.25) is 4.79 Å². The summed E-state index contributed by atoms with van der Waals surface area (Å²) in [4.78, 5) is 25.2. The Kier molecular flexibility index (Phi) is 8.35. The van der Waals surface area contributed by atoms with Crippen molar-refractivity contribution >= 4 is 19.1 Å². The molecule has 2 rings (SSSR count). The monoisotopic (exact) mass is 444 g/mol. The molecule has 0 aromatic heterocycles. The number of carbonyl (C=O) groups is 2. The zero-order chi connectivity index (χ0) is 24.2. The van der Waals surface area contributed by atoms with Crippen LogP contribution in [0, 0.1) is 5.92 Å². The van der Waals surface area contributed by atoms with E-state index in [1.165, 1.54) is 0 Å². The molecule has 1 aliphatic heterocycles. The maximum Gasteiger partial charge on any atom is 0.487 e. The molecule has 1 aliphatic rings. The van der Waals surface area contributed by atoms with Crippen molar-refractivity contribution < 1.29 is 28.4 Å². The largest absolute Gasteiger partial charge is 0.487 e. The van der Waals surface area contributed by atoms with Crippen LogP contribution in [0.5, 0.6) is 0 Å². The van der Waals surface area contributed by atoms with Crippen LogP contribution in [-0.2, 0) is 23.6 Å². The molecule has 32 heavy (non-hydrogen) atoms. The molecular weight excluding hydrogens is 407 g/mol. The van der Waals surface area contributed by atoms with Crippen LogP contribution in [0.25, 0.3) is 0 Å². The lowest BCUT2D eigenvalue weighted by molar-refractivity contribution is -0.158. The van der Waals surface area contributed by atoms with E-state index < -0.39 is 35.8 Å². The molecule has 176 valence electrons. The maximum absolute atomic E-state index is 12.9. The summed E-state index contributed by atoms with van der Waals surface area (Å²) >= 11 is 0. The van der Waals surface area contributed by atoms with E-state index in [4.69, 9.17) is 18.8 Å². The smallest absolute Gasteiger partial charge is 0.462 e. The van der Waals surface area contributed by atoms with Crippen LogP contribution in [-0.4, -0.2) is 42.5 Å². The summed E-state index contributed by atoms with van der Waals surface area (Å²) in [6, 6.07) is 8.83. The fraction of sp³-hybridized carbons (Fsp3) is 0.600. The first-order valence-electron chi connectivity index (χ1n) is 11.3. The lowest BCUT2D eigenvalue weighted by atomic mass is 9.81. The van der Waals surface area contributed by atoms with Gasteiger partial charge < -0.3 is 18.8 Å². The molecular formula is C25H37BO6. The molecule has 0 spiro atoms. The van der Waals surface area contributed by atoms with Gasteiger partial charge in [0.15, 0.2) is 0 Å². The highest BCUT2D eigenvalue weighted by Crippen LogP contribution is 2.38. The predicted octanol–water partition coefficient (Wildman–Crippen LogP) is 5.16. The number of ether oxygens (including phenoxy) is 2. The van der Waals surface area contributed by atoms with Gasteiger partial charge in [0.05, 0.1) is 29.3 Å². The minimum atomic E-state index is -0.601. The third-order valence-electron chi connectivity index (χ3n) is 5.80. The van der Waals surface area contributed by atoms with E-state index in [9.17, 15) is 9.59 Å². The van der Waals surface area contributed by atoms with Crippen LogP contribution >= 0.6 is 0 Å². The Morgan fingerprint density at radius 1 is 1.06 bits per heavy atom. The number of rotatable bonds is 8. The Hall–Kier alpha value is -2.12. The number of hydrogen-bond acceptors (Lipinski definition) is 6. The van der Waals surface area contributed by atoms with E-state index in [-0.39, 0.29) is 12.6 Å². The number of esters is 2. The highest BCUT2D eigenvalue weighted by Gasteiger charge is 2.50. The van der Waals surface area contributed by atoms with E-state index in [0.29, 0.717) is 18.4 Å². The van der Waals surface area contributed by atoms with Gasteiger partial charge in [0.1, 0.15) is 5.60 Å². The summed E-state index contributed by atoms with van der Waals surface area (Å²) in [6.45, 7) is 15.5. The van der Waals surface area contributed by atoms with Crippen molar-refractivity contribution in [3.63, 3.8) is 0 Å². The molecule has 6 nitrogen and oxygen atoms in total. The van der Waals surface area contributed by atoms with Gasteiger partial charge in [-0.2, -0.15) is 0 Å². The molecule has 0 saturated carbocycles. The van der Waals surface area contributed by atoms with Crippen molar-refractivity contribution in [2.75, 3.05) is 6.61 Å². The third-order valence-corrected chi connectivity index (χ3v) is 5.80. The van der Waals surface area contributed by atoms with Crippen molar-refractivity contribution in [2.45, 2.75) is 85.0 Å². The fourth-order valence-electron chi connectivity index (χ4n) is 3.38. The molecule has 1 atom stereocenters. The molecule has 1 heterocycles. The van der Waals surface area contributed by atoms with E-state index in [2.05, 4.69) is 0 Å². The van der Waals surface area contributed by atoms with E-state index >= 15 is 0 Å². The Bertz CT molecular complexity index is 807. The van der Waals surface area contributed by atoms with Crippen molar-refractivity contribution in [3.8, 4) is 0 Å². The van der Waals surface area contributed by atoms with E-state index in [1.807, 2.05) is 67.4 Å². The van der Waals surface area contributed by atoms with E-state index in [0.717, 1.165) is 5.57 Å².